The number of nitrogens with one attached hydrogen (secondary N) is 1. The number of phenols is 1. The van der Waals surface area contributed by atoms with Crippen LogP contribution in [0.2, 0.25) is 0 Å². The van der Waals surface area contributed by atoms with E-state index >= 15 is 0 Å². The number of nitrogens with zero attached hydrogens (tertiary/aromatic N) is 3. The van der Waals surface area contributed by atoms with E-state index in [9.17, 15) is 14.7 Å². The first-order valence-corrected chi connectivity index (χ1v) is 8.30. The maximum atomic E-state index is 12.2. The molecule has 1 fully saturated rings. The zero-order valence-electron chi connectivity index (χ0n) is 14.4. The number of benzene rings is 1. The van der Waals surface area contributed by atoms with Crippen molar-refractivity contribution in [1.29, 1.82) is 0 Å². The minimum Gasteiger partial charge on any atom is -0.508 e. The van der Waals surface area contributed by atoms with Crippen molar-refractivity contribution in [3.8, 4) is 5.75 Å². The fraction of sp³-hybridized carbons (Fsp3) is 0.389. The zero-order chi connectivity index (χ0) is 18.0. The van der Waals surface area contributed by atoms with Gasteiger partial charge in [0.05, 0.1) is 11.9 Å². The molecule has 7 heteroatoms. The van der Waals surface area contributed by atoms with Gasteiger partial charge in [-0.25, -0.2) is 4.68 Å². The molecule has 25 heavy (non-hydrogen) atoms. The Morgan fingerprint density at radius 1 is 1.40 bits per heavy atom. The number of aryl methyl sites for hydroxylation is 2. The first kappa shape index (κ1) is 17.0. The van der Waals surface area contributed by atoms with Gasteiger partial charge in [-0.05, 0) is 43.0 Å². The Morgan fingerprint density at radius 2 is 2.20 bits per heavy atom. The highest BCUT2D eigenvalue weighted by atomic mass is 16.3. The molecule has 0 aliphatic carbocycles. The van der Waals surface area contributed by atoms with Gasteiger partial charge in [0.1, 0.15) is 5.75 Å². The topological polar surface area (TPSA) is 87.5 Å². The standard InChI is InChI=1S/C18H22N4O3/c1-12-7-14(3-4-16(12)23)18(25)19-9-13-5-6-22(11-13)15-8-17(24)21(2)20-10-15/h3-4,7-8,10,13,23H,5-6,9,11H2,1-2H3,(H,19,25)/t13-/m1/s1. The van der Waals surface area contributed by atoms with Crippen molar-refractivity contribution in [2.45, 2.75) is 13.3 Å². The number of phenolic OH excluding ortho intramolecular Hbond substituents is 1. The van der Waals surface area contributed by atoms with Gasteiger partial charge >= 0.3 is 0 Å². The Balaban J connectivity index is 1.56. The maximum absolute atomic E-state index is 12.2. The number of aromatic hydroxyl groups is 1. The summed E-state index contributed by atoms with van der Waals surface area (Å²) < 4.78 is 1.30. The van der Waals surface area contributed by atoms with Gasteiger partial charge < -0.3 is 15.3 Å². The summed E-state index contributed by atoms with van der Waals surface area (Å²) in [4.78, 5) is 26.1. The third-order valence-electron chi connectivity index (χ3n) is 4.61. The number of hydrogen-bond donors (Lipinski definition) is 2. The molecule has 2 heterocycles. The van der Waals surface area contributed by atoms with E-state index in [2.05, 4.69) is 15.3 Å². The molecule has 0 unspecified atom stereocenters. The molecule has 1 saturated heterocycles. The molecule has 1 aliphatic rings. The molecule has 0 bridgehead atoms. The van der Waals surface area contributed by atoms with Crippen LogP contribution in [0.25, 0.3) is 0 Å². The summed E-state index contributed by atoms with van der Waals surface area (Å²) in [6, 6.07) is 6.42. The first-order valence-electron chi connectivity index (χ1n) is 8.30. The molecule has 2 aromatic rings. The van der Waals surface area contributed by atoms with Crippen LogP contribution in [0, 0.1) is 12.8 Å². The molecule has 132 valence electrons. The van der Waals surface area contributed by atoms with Crippen LogP contribution in [0.5, 0.6) is 5.75 Å². The van der Waals surface area contributed by atoms with E-state index < -0.39 is 0 Å². The number of rotatable bonds is 4. The summed E-state index contributed by atoms with van der Waals surface area (Å²) in [5, 5.41) is 16.5. The Bertz CT molecular complexity index is 846. The van der Waals surface area contributed by atoms with Gasteiger partial charge in [0.2, 0.25) is 0 Å². The maximum Gasteiger partial charge on any atom is 0.268 e. The highest BCUT2D eigenvalue weighted by Crippen LogP contribution is 2.22. The minimum absolute atomic E-state index is 0.128. The smallest absolute Gasteiger partial charge is 0.268 e. The molecule has 1 atom stereocenters. The minimum atomic E-state index is -0.142. The number of anilines is 1. The van der Waals surface area contributed by atoms with Crippen LogP contribution in [-0.2, 0) is 7.05 Å². The lowest BCUT2D eigenvalue weighted by Crippen LogP contribution is -2.31. The summed E-state index contributed by atoms with van der Waals surface area (Å²) in [6.45, 7) is 3.96. The van der Waals surface area contributed by atoms with Crippen LogP contribution >= 0.6 is 0 Å². The molecule has 1 amide bonds. The second-order valence-corrected chi connectivity index (χ2v) is 6.49. The van der Waals surface area contributed by atoms with Gasteiger partial charge in [-0.2, -0.15) is 5.10 Å². The predicted octanol–water partition coefficient (Wildman–Crippen LogP) is 1.05. The van der Waals surface area contributed by atoms with Crippen molar-refractivity contribution < 1.29 is 9.90 Å². The third-order valence-corrected chi connectivity index (χ3v) is 4.61. The van der Waals surface area contributed by atoms with Gasteiger partial charge in [0, 0.05) is 38.3 Å². The Labute approximate surface area is 145 Å². The van der Waals surface area contributed by atoms with E-state index in [1.807, 2.05) is 0 Å². The van der Waals surface area contributed by atoms with E-state index in [4.69, 9.17) is 0 Å². The van der Waals surface area contributed by atoms with Crippen LogP contribution < -0.4 is 15.8 Å². The SMILES string of the molecule is Cc1cc(C(=O)NC[C@H]2CCN(c3cnn(C)c(=O)c3)C2)ccc1O. The molecule has 2 N–H and O–H groups in total. The Morgan fingerprint density at radius 3 is 2.92 bits per heavy atom. The van der Waals surface area contributed by atoms with E-state index in [0.717, 1.165) is 25.2 Å². The average molecular weight is 342 g/mol. The van der Waals surface area contributed by atoms with Crippen LogP contribution in [0.1, 0.15) is 22.3 Å². The van der Waals surface area contributed by atoms with Crippen molar-refractivity contribution in [3.05, 3.63) is 51.9 Å². The van der Waals surface area contributed by atoms with Gasteiger partial charge in [-0.1, -0.05) is 0 Å². The molecule has 7 nitrogen and oxygen atoms in total. The number of hydrogen-bond acceptors (Lipinski definition) is 5. The van der Waals surface area contributed by atoms with E-state index in [1.54, 1.807) is 38.4 Å². The lowest BCUT2D eigenvalue weighted by Gasteiger charge is -2.18. The fourth-order valence-corrected chi connectivity index (χ4v) is 3.00. The highest BCUT2D eigenvalue weighted by Gasteiger charge is 2.24. The van der Waals surface area contributed by atoms with Crippen LogP contribution in [0.4, 0.5) is 5.69 Å². The fourth-order valence-electron chi connectivity index (χ4n) is 3.00. The monoisotopic (exact) mass is 342 g/mol. The molecular weight excluding hydrogens is 320 g/mol. The molecule has 1 aliphatic heterocycles. The second kappa shape index (κ2) is 6.96. The van der Waals surface area contributed by atoms with Gasteiger partial charge in [-0.15, -0.1) is 0 Å². The number of carbonyl (C=O) groups excluding carboxylic acids is 1. The summed E-state index contributed by atoms with van der Waals surface area (Å²) in [5.74, 6) is 0.369. The lowest BCUT2D eigenvalue weighted by atomic mass is 10.1. The lowest BCUT2D eigenvalue weighted by molar-refractivity contribution is 0.0948. The van der Waals surface area contributed by atoms with Gasteiger partial charge in [0.25, 0.3) is 11.5 Å². The summed E-state index contributed by atoms with van der Waals surface area (Å²) in [5.41, 5.74) is 1.92. The second-order valence-electron chi connectivity index (χ2n) is 6.49. The van der Waals surface area contributed by atoms with Crippen molar-refractivity contribution in [1.82, 2.24) is 15.1 Å². The molecule has 0 radical (unpaired) electrons. The molecule has 0 saturated carbocycles. The number of amides is 1. The molecule has 1 aromatic carbocycles. The number of carbonyl (C=O) groups is 1. The summed E-state index contributed by atoms with van der Waals surface area (Å²) in [7, 11) is 1.62. The van der Waals surface area contributed by atoms with E-state index in [1.165, 1.54) is 10.7 Å². The van der Waals surface area contributed by atoms with Crippen LogP contribution in [0.15, 0.2) is 35.3 Å². The van der Waals surface area contributed by atoms with Crippen LogP contribution in [0.3, 0.4) is 0 Å². The highest BCUT2D eigenvalue weighted by molar-refractivity contribution is 5.94. The molecule has 1 aromatic heterocycles. The van der Waals surface area contributed by atoms with Gasteiger partial charge in [-0.3, -0.25) is 9.59 Å². The molecule has 3 rings (SSSR count). The first-order chi connectivity index (χ1) is 11.9. The van der Waals surface area contributed by atoms with Crippen molar-refractivity contribution in [2.75, 3.05) is 24.5 Å². The van der Waals surface area contributed by atoms with Crippen molar-refractivity contribution in [2.24, 2.45) is 13.0 Å². The number of aromatic nitrogens is 2. The molecular formula is C18H22N4O3. The van der Waals surface area contributed by atoms with E-state index in [-0.39, 0.29) is 17.2 Å². The zero-order valence-corrected chi connectivity index (χ0v) is 14.4. The van der Waals surface area contributed by atoms with Crippen molar-refractivity contribution in [3.63, 3.8) is 0 Å². The Kier molecular flexibility index (Phi) is 4.74. The Hall–Kier alpha value is -2.83. The average Bonchev–Trinajstić information content (AvgIpc) is 3.06. The van der Waals surface area contributed by atoms with Crippen LogP contribution in [-0.4, -0.2) is 40.4 Å². The third kappa shape index (κ3) is 3.81. The van der Waals surface area contributed by atoms with E-state index in [0.29, 0.717) is 23.6 Å². The summed E-state index contributed by atoms with van der Waals surface area (Å²) >= 11 is 0. The summed E-state index contributed by atoms with van der Waals surface area (Å²) in [6.07, 6.45) is 2.64. The normalized spacial score (nSPS) is 16.9. The van der Waals surface area contributed by atoms with Crippen molar-refractivity contribution >= 4 is 11.6 Å². The van der Waals surface area contributed by atoms with Gasteiger partial charge in [0.15, 0.2) is 0 Å². The largest absolute Gasteiger partial charge is 0.508 e. The molecule has 0 spiro atoms. The quantitative estimate of drug-likeness (QED) is 0.867. The predicted molar refractivity (Wildman–Crippen MR) is 95.0 cm³/mol.